The molecule has 0 unspecified atom stereocenters. The number of carbonyl (C=O) groups is 1. The lowest BCUT2D eigenvalue weighted by molar-refractivity contribution is -0.384. The smallest absolute Gasteiger partial charge is 0.271 e. The number of nitro groups is 1. The summed E-state index contributed by atoms with van der Waals surface area (Å²) in [6.45, 7) is 3.06. The number of hydrogen-bond donors (Lipinski definition) is 1. The van der Waals surface area contributed by atoms with Crippen LogP contribution >= 0.6 is 0 Å². The molecule has 3 aromatic carbocycles. The topological polar surface area (TPSA) is 113 Å². The van der Waals surface area contributed by atoms with Crippen molar-refractivity contribution in [2.45, 2.75) is 11.8 Å². The highest BCUT2D eigenvalue weighted by molar-refractivity contribution is 7.89. The molecule has 1 fully saturated rings. The highest BCUT2D eigenvalue weighted by atomic mass is 32.2. The Bertz CT molecular complexity index is 1370. The van der Waals surface area contributed by atoms with Crippen LogP contribution in [-0.2, 0) is 10.0 Å². The molecule has 0 bridgehead atoms. The van der Waals surface area contributed by atoms with Crippen LogP contribution < -0.4 is 10.2 Å². The van der Waals surface area contributed by atoms with E-state index in [2.05, 4.69) is 5.32 Å². The van der Waals surface area contributed by atoms with Crippen molar-refractivity contribution in [2.24, 2.45) is 0 Å². The van der Waals surface area contributed by atoms with E-state index in [1.807, 2.05) is 4.90 Å². The Balaban J connectivity index is 1.48. The van der Waals surface area contributed by atoms with Gasteiger partial charge < -0.3 is 10.2 Å². The fourth-order valence-corrected chi connectivity index (χ4v) is 5.31. The summed E-state index contributed by atoms with van der Waals surface area (Å²) in [7, 11) is -3.85. The first-order chi connectivity index (χ1) is 16.6. The summed E-state index contributed by atoms with van der Waals surface area (Å²) in [6, 6.07) is 15.9. The number of non-ortho nitro benzene ring substituents is 1. The largest absolute Gasteiger partial charge is 0.369 e. The number of hydrogen-bond acceptors (Lipinski definition) is 6. The van der Waals surface area contributed by atoms with Gasteiger partial charge in [-0.2, -0.15) is 4.31 Å². The zero-order valence-electron chi connectivity index (χ0n) is 18.8. The molecular formula is C24H23FN4O5S. The molecule has 1 amide bonds. The van der Waals surface area contributed by atoms with Gasteiger partial charge in [-0.15, -0.1) is 0 Å². The minimum absolute atomic E-state index is 0.0175. The van der Waals surface area contributed by atoms with Gasteiger partial charge in [-0.1, -0.05) is 12.1 Å². The van der Waals surface area contributed by atoms with E-state index < -0.39 is 20.9 Å². The first-order valence-electron chi connectivity index (χ1n) is 10.8. The third-order valence-electron chi connectivity index (χ3n) is 5.84. The SMILES string of the molecule is Cc1ccc([N+](=O)[O-])cc1NC(=O)c1cccc(S(=O)(=O)N2CCN(c3ccc(F)cc3)CC2)c1. The molecule has 9 nitrogen and oxygen atoms in total. The van der Waals surface area contributed by atoms with Gasteiger partial charge in [-0.3, -0.25) is 14.9 Å². The maximum atomic E-state index is 13.2. The van der Waals surface area contributed by atoms with E-state index in [4.69, 9.17) is 0 Å². The number of nitrogens with zero attached hydrogens (tertiary/aromatic N) is 3. The van der Waals surface area contributed by atoms with Gasteiger partial charge in [-0.05, 0) is 55.0 Å². The lowest BCUT2D eigenvalue weighted by Crippen LogP contribution is -2.48. The number of nitro benzene ring substituents is 1. The standard InChI is InChI=1S/C24H23FN4O5S/c1-17-5-8-21(29(31)32)16-23(17)26-24(30)18-3-2-4-22(15-18)35(33,34)28-13-11-27(12-14-28)20-9-6-19(25)7-10-20/h2-10,15-16H,11-14H2,1H3,(H,26,30). The number of nitrogens with one attached hydrogen (secondary N) is 1. The van der Waals surface area contributed by atoms with E-state index in [-0.39, 0.29) is 40.7 Å². The van der Waals surface area contributed by atoms with Crippen LogP contribution in [-0.4, -0.2) is 49.7 Å². The van der Waals surface area contributed by atoms with Gasteiger partial charge in [0, 0.05) is 49.6 Å². The average Bonchev–Trinajstić information content (AvgIpc) is 2.86. The number of anilines is 2. The molecule has 182 valence electrons. The summed E-state index contributed by atoms with van der Waals surface area (Å²) in [6.07, 6.45) is 0. The van der Waals surface area contributed by atoms with Gasteiger partial charge in [0.05, 0.1) is 15.5 Å². The second-order valence-electron chi connectivity index (χ2n) is 8.11. The fourth-order valence-electron chi connectivity index (χ4n) is 3.84. The van der Waals surface area contributed by atoms with Crippen LogP contribution in [0.3, 0.4) is 0 Å². The summed E-state index contributed by atoms with van der Waals surface area (Å²) in [5, 5.41) is 13.7. The number of sulfonamides is 1. The van der Waals surface area contributed by atoms with Crippen LogP contribution in [0.2, 0.25) is 0 Å². The molecule has 1 N–H and O–H groups in total. The van der Waals surface area contributed by atoms with Crippen molar-refractivity contribution < 1.29 is 22.5 Å². The lowest BCUT2D eigenvalue weighted by atomic mass is 10.1. The van der Waals surface area contributed by atoms with Crippen molar-refractivity contribution in [3.05, 3.63) is 93.8 Å². The molecule has 11 heteroatoms. The maximum absolute atomic E-state index is 13.2. The molecule has 4 rings (SSSR count). The van der Waals surface area contributed by atoms with Crippen LogP contribution in [0.5, 0.6) is 0 Å². The fraction of sp³-hybridized carbons (Fsp3) is 0.208. The molecule has 1 aliphatic heterocycles. The normalized spacial score (nSPS) is 14.5. The monoisotopic (exact) mass is 498 g/mol. The van der Waals surface area contributed by atoms with Crippen LogP contribution in [0.25, 0.3) is 0 Å². The van der Waals surface area contributed by atoms with Gasteiger partial charge in [0.25, 0.3) is 11.6 Å². The van der Waals surface area contributed by atoms with E-state index in [1.165, 1.54) is 58.9 Å². The van der Waals surface area contributed by atoms with E-state index >= 15 is 0 Å². The molecule has 1 saturated heterocycles. The zero-order valence-corrected chi connectivity index (χ0v) is 19.7. The van der Waals surface area contributed by atoms with Crippen molar-refractivity contribution in [2.75, 3.05) is 36.4 Å². The third-order valence-corrected chi connectivity index (χ3v) is 7.74. The Hall–Kier alpha value is -3.83. The van der Waals surface area contributed by atoms with E-state index in [0.717, 1.165) is 5.69 Å². The van der Waals surface area contributed by atoms with Gasteiger partial charge in [-0.25, -0.2) is 12.8 Å². The predicted octanol–water partition coefficient (Wildman–Crippen LogP) is 3.81. The van der Waals surface area contributed by atoms with E-state index in [9.17, 15) is 27.7 Å². The number of carbonyl (C=O) groups excluding carboxylic acids is 1. The number of halogens is 1. The van der Waals surface area contributed by atoms with E-state index in [0.29, 0.717) is 18.7 Å². The molecule has 0 aliphatic carbocycles. The van der Waals surface area contributed by atoms with Crippen LogP contribution in [0.15, 0.2) is 71.6 Å². The van der Waals surface area contributed by atoms with Gasteiger partial charge >= 0.3 is 0 Å². The first-order valence-corrected chi connectivity index (χ1v) is 12.3. The highest BCUT2D eigenvalue weighted by Gasteiger charge is 2.29. The van der Waals surface area contributed by atoms with Gasteiger partial charge in [0.1, 0.15) is 5.82 Å². The van der Waals surface area contributed by atoms with Crippen LogP contribution in [0, 0.1) is 22.9 Å². The quantitative estimate of drug-likeness (QED) is 0.409. The highest BCUT2D eigenvalue weighted by Crippen LogP contribution is 2.25. The molecule has 0 radical (unpaired) electrons. The van der Waals surface area contributed by atoms with Crippen molar-refractivity contribution in [3.63, 3.8) is 0 Å². The Morgan fingerprint density at radius 3 is 2.34 bits per heavy atom. The van der Waals surface area contributed by atoms with E-state index in [1.54, 1.807) is 19.1 Å². The van der Waals surface area contributed by atoms with Crippen molar-refractivity contribution in [1.82, 2.24) is 4.31 Å². The zero-order chi connectivity index (χ0) is 25.2. The van der Waals surface area contributed by atoms with Gasteiger partial charge in [0.2, 0.25) is 10.0 Å². The molecule has 1 aliphatic rings. The maximum Gasteiger partial charge on any atom is 0.271 e. The van der Waals surface area contributed by atoms with Crippen molar-refractivity contribution >= 4 is 33.0 Å². The Kier molecular flexibility index (Phi) is 6.81. The summed E-state index contributed by atoms with van der Waals surface area (Å²) in [5.41, 5.74) is 1.67. The Morgan fingerprint density at radius 1 is 1.00 bits per heavy atom. The second kappa shape index (κ2) is 9.80. The third kappa shape index (κ3) is 5.31. The lowest BCUT2D eigenvalue weighted by Gasteiger charge is -2.35. The van der Waals surface area contributed by atoms with Crippen LogP contribution in [0.1, 0.15) is 15.9 Å². The molecule has 3 aromatic rings. The number of rotatable bonds is 6. The van der Waals surface area contributed by atoms with Crippen molar-refractivity contribution in [1.29, 1.82) is 0 Å². The summed E-state index contributed by atoms with van der Waals surface area (Å²) < 4.78 is 41.0. The summed E-state index contributed by atoms with van der Waals surface area (Å²) in [5.74, 6) is -0.911. The Morgan fingerprint density at radius 2 is 1.69 bits per heavy atom. The summed E-state index contributed by atoms with van der Waals surface area (Å²) >= 11 is 0. The van der Waals surface area contributed by atoms with Crippen LogP contribution in [0.4, 0.5) is 21.5 Å². The second-order valence-corrected chi connectivity index (χ2v) is 10.0. The number of amides is 1. The Labute approximate surface area is 202 Å². The number of aryl methyl sites for hydroxylation is 1. The molecule has 35 heavy (non-hydrogen) atoms. The minimum Gasteiger partial charge on any atom is -0.369 e. The van der Waals surface area contributed by atoms with Gasteiger partial charge in [0.15, 0.2) is 0 Å². The molecule has 1 heterocycles. The number of piperazine rings is 1. The van der Waals surface area contributed by atoms with Crippen molar-refractivity contribution in [3.8, 4) is 0 Å². The first kappa shape index (κ1) is 24.3. The molecule has 0 spiro atoms. The molecule has 0 atom stereocenters. The minimum atomic E-state index is -3.85. The molecule has 0 aromatic heterocycles. The molecule has 0 saturated carbocycles. The molecular weight excluding hydrogens is 475 g/mol. The average molecular weight is 499 g/mol. The number of benzene rings is 3. The predicted molar refractivity (Wildman–Crippen MR) is 130 cm³/mol. The summed E-state index contributed by atoms with van der Waals surface area (Å²) in [4.78, 5) is 25.3.